The molecule has 5 heteroatoms. The van der Waals surface area contributed by atoms with Crippen LogP contribution in [-0.2, 0) is 9.53 Å². The molecule has 1 atom stereocenters. The maximum atomic E-state index is 13.6. The normalized spacial score (nSPS) is 17.2. The number of halogens is 1. The molecule has 1 saturated heterocycles. The molecule has 4 nitrogen and oxygen atoms in total. The number of amides is 1. The van der Waals surface area contributed by atoms with Crippen LogP contribution in [0.25, 0.3) is 0 Å². The van der Waals surface area contributed by atoms with Gasteiger partial charge in [0.15, 0.2) is 0 Å². The van der Waals surface area contributed by atoms with E-state index in [1.165, 1.54) is 6.07 Å². The van der Waals surface area contributed by atoms with Crippen LogP contribution >= 0.6 is 0 Å². The molecule has 0 saturated carbocycles. The van der Waals surface area contributed by atoms with Gasteiger partial charge in [0.05, 0.1) is 19.3 Å². The van der Waals surface area contributed by atoms with Crippen molar-refractivity contribution >= 4 is 5.91 Å². The molecule has 1 aromatic rings. The summed E-state index contributed by atoms with van der Waals surface area (Å²) in [7, 11) is 0. The molecule has 1 fully saturated rings. The number of carbonyl (C=O) groups is 1. The third-order valence-corrected chi connectivity index (χ3v) is 4.55. The van der Waals surface area contributed by atoms with Gasteiger partial charge in [-0.05, 0) is 30.5 Å². The molecular weight excluding hydrogens is 295 g/mol. The molecule has 128 valence electrons. The first kappa shape index (κ1) is 17.9. The van der Waals surface area contributed by atoms with Gasteiger partial charge >= 0.3 is 0 Å². The van der Waals surface area contributed by atoms with Gasteiger partial charge in [0.1, 0.15) is 5.82 Å². The van der Waals surface area contributed by atoms with E-state index in [1.807, 2.05) is 19.9 Å². The molecule has 1 heterocycles. The summed E-state index contributed by atoms with van der Waals surface area (Å²) in [4.78, 5) is 14.5. The lowest BCUT2D eigenvalue weighted by atomic mass is 10.0. The zero-order valence-electron chi connectivity index (χ0n) is 14.1. The van der Waals surface area contributed by atoms with Gasteiger partial charge in [0, 0.05) is 25.6 Å². The Labute approximate surface area is 138 Å². The van der Waals surface area contributed by atoms with Crippen LogP contribution in [-0.4, -0.2) is 43.7 Å². The fraction of sp³-hybridized carbons (Fsp3) is 0.611. The third-order valence-electron chi connectivity index (χ3n) is 4.55. The van der Waals surface area contributed by atoms with Crippen molar-refractivity contribution in [3.05, 3.63) is 35.6 Å². The molecule has 0 radical (unpaired) electrons. The van der Waals surface area contributed by atoms with Gasteiger partial charge in [0.25, 0.3) is 0 Å². The summed E-state index contributed by atoms with van der Waals surface area (Å²) >= 11 is 0. The minimum absolute atomic E-state index is 0.0205. The number of benzene rings is 1. The van der Waals surface area contributed by atoms with Gasteiger partial charge in [-0.2, -0.15) is 0 Å². The molecule has 23 heavy (non-hydrogen) atoms. The monoisotopic (exact) mass is 322 g/mol. The number of nitrogens with one attached hydrogen (secondary N) is 1. The summed E-state index contributed by atoms with van der Waals surface area (Å²) in [6.45, 7) is 7.49. The first-order valence-corrected chi connectivity index (χ1v) is 8.50. The van der Waals surface area contributed by atoms with E-state index in [2.05, 4.69) is 10.2 Å². The fourth-order valence-electron chi connectivity index (χ4n) is 3.06. The lowest BCUT2D eigenvalue weighted by Crippen LogP contribution is -2.44. The SMILES string of the molecule is CCC(CC)C(=O)NCC(c1cccc(F)c1)N1CCOCC1. The van der Waals surface area contributed by atoms with E-state index in [9.17, 15) is 9.18 Å². The van der Waals surface area contributed by atoms with E-state index in [-0.39, 0.29) is 23.7 Å². The molecule has 1 unspecified atom stereocenters. The lowest BCUT2D eigenvalue weighted by Gasteiger charge is -2.35. The van der Waals surface area contributed by atoms with Crippen LogP contribution < -0.4 is 5.32 Å². The van der Waals surface area contributed by atoms with Crippen molar-refractivity contribution in [2.75, 3.05) is 32.8 Å². The highest BCUT2D eigenvalue weighted by molar-refractivity contribution is 5.78. The molecular formula is C18H27FN2O2. The molecule has 1 amide bonds. The highest BCUT2D eigenvalue weighted by Crippen LogP contribution is 2.22. The molecule has 1 aliphatic rings. The van der Waals surface area contributed by atoms with Crippen LogP contribution in [0.3, 0.4) is 0 Å². The standard InChI is InChI=1S/C18H27FN2O2/c1-3-14(4-2)18(22)20-13-17(21-8-10-23-11-9-21)15-6-5-7-16(19)12-15/h5-7,12,14,17H,3-4,8-11,13H2,1-2H3,(H,20,22). The quantitative estimate of drug-likeness (QED) is 0.839. The summed E-state index contributed by atoms with van der Waals surface area (Å²) in [5, 5.41) is 3.06. The van der Waals surface area contributed by atoms with E-state index in [0.717, 1.165) is 31.5 Å². The second-order valence-electron chi connectivity index (χ2n) is 5.98. The van der Waals surface area contributed by atoms with Crippen LogP contribution in [0.2, 0.25) is 0 Å². The van der Waals surface area contributed by atoms with Gasteiger partial charge in [-0.15, -0.1) is 0 Å². The van der Waals surface area contributed by atoms with Crippen molar-refractivity contribution < 1.29 is 13.9 Å². The number of hydrogen-bond acceptors (Lipinski definition) is 3. The zero-order chi connectivity index (χ0) is 16.7. The number of carbonyl (C=O) groups excluding carboxylic acids is 1. The Hall–Kier alpha value is -1.46. The van der Waals surface area contributed by atoms with E-state index in [0.29, 0.717) is 19.8 Å². The summed E-state index contributed by atoms with van der Waals surface area (Å²) in [6.07, 6.45) is 1.68. The molecule has 1 N–H and O–H groups in total. The van der Waals surface area contributed by atoms with E-state index < -0.39 is 0 Å². The maximum Gasteiger partial charge on any atom is 0.223 e. The maximum absolute atomic E-state index is 13.6. The molecule has 0 aromatic heterocycles. The summed E-state index contributed by atoms with van der Waals surface area (Å²) in [5.74, 6) is -0.107. The molecule has 1 aliphatic heterocycles. The summed E-state index contributed by atoms with van der Waals surface area (Å²) in [6, 6.07) is 6.63. The van der Waals surface area contributed by atoms with Crippen LogP contribution in [0.15, 0.2) is 24.3 Å². The number of nitrogens with zero attached hydrogens (tertiary/aromatic N) is 1. The third kappa shape index (κ3) is 5.01. The Morgan fingerprint density at radius 3 is 2.61 bits per heavy atom. The average molecular weight is 322 g/mol. The Bertz CT molecular complexity index is 500. The smallest absolute Gasteiger partial charge is 0.223 e. The second kappa shape index (κ2) is 8.99. The Morgan fingerprint density at radius 1 is 1.30 bits per heavy atom. The van der Waals surface area contributed by atoms with E-state index in [4.69, 9.17) is 4.74 Å². The fourth-order valence-corrected chi connectivity index (χ4v) is 3.06. The van der Waals surface area contributed by atoms with Crippen LogP contribution in [0.1, 0.15) is 38.3 Å². The van der Waals surface area contributed by atoms with E-state index in [1.54, 1.807) is 12.1 Å². The van der Waals surface area contributed by atoms with Crippen LogP contribution in [0, 0.1) is 11.7 Å². The Morgan fingerprint density at radius 2 is 2.00 bits per heavy atom. The summed E-state index contributed by atoms with van der Waals surface area (Å²) < 4.78 is 19.0. The molecule has 1 aromatic carbocycles. The molecule has 0 spiro atoms. The number of rotatable bonds is 7. The van der Waals surface area contributed by atoms with Crippen molar-refractivity contribution in [2.24, 2.45) is 5.92 Å². The number of hydrogen-bond donors (Lipinski definition) is 1. The van der Waals surface area contributed by atoms with Crippen molar-refractivity contribution in [3.63, 3.8) is 0 Å². The van der Waals surface area contributed by atoms with Crippen molar-refractivity contribution in [1.29, 1.82) is 0 Å². The van der Waals surface area contributed by atoms with E-state index >= 15 is 0 Å². The second-order valence-corrected chi connectivity index (χ2v) is 5.98. The predicted molar refractivity (Wildman–Crippen MR) is 88.6 cm³/mol. The van der Waals surface area contributed by atoms with Crippen LogP contribution in [0.4, 0.5) is 4.39 Å². The average Bonchev–Trinajstić information content (AvgIpc) is 2.57. The van der Waals surface area contributed by atoms with Crippen molar-refractivity contribution in [3.8, 4) is 0 Å². The van der Waals surface area contributed by atoms with Crippen molar-refractivity contribution in [1.82, 2.24) is 10.2 Å². The predicted octanol–water partition coefficient (Wildman–Crippen LogP) is 2.75. The van der Waals surface area contributed by atoms with Gasteiger partial charge < -0.3 is 10.1 Å². The van der Waals surface area contributed by atoms with Gasteiger partial charge in [-0.1, -0.05) is 26.0 Å². The first-order valence-electron chi connectivity index (χ1n) is 8.50. The number of morpholine rings is 1. The minimum Gasteiger partial charge on any atom is -0.379 e. The summed E-state index contributed by atoms with van der Waals surface area (Å²) in [5.41, 5.74) is 0.900. The minimum atomic E-state index is -0.243. The first-order chi connectivity index (χ1) is 11.2. The van der Waals surface area contributed by atoms with Crippen molar-refractivity contribution in [2.45, 2.75) is 32.7 Å². The number of ether oxygens (including phenoxy) is 1. The molecule has 0 bridgehead atoms. The van der Waals surface area contributed by atoms with Gasteiger partial charge in [0.2, 0.25) is 5.91 Å². The highest BCUT2D eigenvalue weighted by atomic mass is 19.1. The Kier molecular flexibility index (Phi) is 6.99. The largest absolute Gasteiger partial charge is 0.379 e. The van der Waals surface area contributed by atoms with Crippen LogP contribution in [0.5, 0.6) is 0 Å². The molecule has 2 rings (SSSR count). The van der Waals surface area contributed by atoms with Gasteiger partial charge in [-0.3, -0.25) is 9.69 Å². The lowest BCUT2D eigenvalue weighted by molar-refractivity contribution is -0.125. The Balaban J connectivity index is 2.08. The highest BCUT2D eigenvalue weighted by Gasteiger charge is 2.24. The zero-order valence-corrected chi connectivity index (χ0v) is 14.1. The van der Waals surface area contributed by atoms with Gasteiger partial charge in [-0.25, -0.2) is 4.39 Å². The molecule has 0 aliphatic carbocycles. The topological polar surface area (TPSA) is 41.6 Å².